The summed E-state index contributed by atoms with van der Waals surface area (Å²) in [5.74, 6) is -0.463. The number of para-hydroxylation sites is 1. The lowest BCUT2D eigenvalue weighted by Crippen LogP contribution is -2.22. The zero-order valence-corrected chi connectivity index (χ0v) is 17.6. The molecular formula is C21H14BrN3O3S. The topological polar surface area (TPSA) is 71.9 Å². The second kappa shape index (κ2) is 8.10. The van der Waals surface area contributed by atoms with Crippen molar-refractivity contribution >= 4 is 61.9 Å². The minimum absolute atomic E-state index is 0.153. The summed E-state index contributed by atoms with van der Waals surface area (Å²) in [6.45, 7) is 1.48. The van der Waals surface area contributed by atoms with Gasteiger partial charge in [-0.2, -0.15) is 0 Å². The fraction of sp³-hybridized carbons (Fsp3) is 0.0476. The standard InChI is InChI=1S/C21H14BrN3O3S/c1-13(26)25(15-7-3-2-4-8-15)21-23-14(12-29-21)11-18-20(27)28-19(24-18)16-9-5-6-10-17(16)22/h2-12H,1H3/b18-11+. The van der Waals surface area contributed by atoms with E-state index in [9.17, 15) is 9.59 Å². The van der Waals surface area contributed by atoms with E-state index in [0.717, 1.165) is 10.2 Å². The van der Waals surface area contributed by atoms with Crippen LogP contribution < -0.4 is 4.90 Å². The van der Waals surface area contributed by atoms with E-state index in [2.05, 4.69) is 25.9 Å². The molecule has 0 N–H and O–H groups in total. The molecule has 2 heterocycles. The van der Waals surface area contributed by atoms with Crippen molar-refractivity contribution in [1.29, 1.82) is 0 Å². The number of benzene rings is 2. The Balaban J connectivity index is 1.64. The van der Waals surface area contributed by atoms with Crippen LogP contribution in [0.1, 0.15) is 18.2 Å². The second-order valence-corrected chi connectivity index (χ2v) is 7.75. The van der Waals surface area contributed by atoms with Gasteiger partial charge in [0.25, 0.3) is 0 Å². The molecule has 1 amide bonds. The first kappa shape index (κ1) is 19.2. The maximum atomic E-state index is 12.2. The normalized spacial score (nSPS) is 14.6. The van der Waals surface area contributed by atoms with Gasteiger partial charge >= 0.3 is 5.97 Å². The molecule has 0 spiro atoms. The third-order valence-electron chi connectivity index (χ3n) is 4.04. The Morgan fingerprint density at radius 1 is 1.14 bits per heavy atom. The molecule has 0 atom stereocenters. The van der Waals surface area contributed by atoms with Gasteiger partial charge in [-0.25, -0.2) is 14.8 Å². The number of ether oxygens (including phenoxy) is 1. The van der Waals surface area contributed by atoms with Crippen LogP contribution >= 0.6 is 27.3 Å². The molecule has 4 rings (SSSR count). The Hall–Kier alpha value is -3.10. The lowest BCUT2D eigenvalue weighted by Gasteiger charge is -2.17. The summed E-state index contributed by atoms with van der Waals surface area (Å²) >= 11 is 4.73. The molecule has 0 saturated carbocycles. The van der Waals surface area contributed by atoms with Crippen molar-refractivity contribution in [3.8, 4) is 0 Å². The van der Waals surface area contributed by atoms with E-state index in [-0.39, 0.29) is 17.5 Å². The van der Waals surface area contributed by atoms with Crippen LogP contribution in [0.15, 0.2) is 75.1 Å². The van der Waals surface area contributed by atoms with Crippen LogP contribution in [-0.4, -0.2) is 22.8 Å². The van der Waals surface area contributed by atoms with Crippen molar-refractivity contribution in [3.05, 3.63) is 81.4 Å². The summed E-state index contributed by atoms with van der Waals surface area (Å²) < 4.78 is 6.08. The van der Waals surface area contributed by atoms with Gasteiger partial charge in [-0.05, 0) is 46.3 Å². The minimum atomic E-state index is -0.545. The van der Waals surface area contributed by atoms with Gasteiger partial charge in [0, 0.05) is 16.8 Å². The number of carbonyl (C=O) groups excluding carboxylic acids is 2. The van der Waals surface area contributed by atoms with Gasteiger partial charge in [-0.15, -0.1) is 11.3 Å². The number of esters is 1. The first-order valence-corrected chi connectivity index (χ1v) is 10.3. The summed E-state index contributed by atoms with van der Waals surface area (Å²) in [6.07, 6.45) is 1.55. The van der Waals surface area contributed by atoms with Crippen molar-refractivity contribution in [1.82, 2.24) is 4.98 Å². The number of anilines is 2. The van der Waals surface area contributed by atoms with Crippen LogP contribution in [0.25, 0.3) is 6.08 Å². The fourth-order valence-electron chi connectivity index (χ4n) is 2.75. The molecule has 0 unspecified atom stereocenters. The maximum absolute atomic E-state index is 12.2. The molecule has 0 fully saturated rings. The van der Waals surface area contributed by atoms with E-state index in [0.29, 0.717) is 16.4 Å². The highest BCUT2D eigenvalue weighted by Gasteiger charge is 2.26. The van der Waals surface area contributed by atoms with Crippen LogP contribution in [-0.2, 0) is 14.3 Å². The molecule has 1 aliphatic heterocycles. The van der Waals surface area contributed by atoms with Gasteiger partial charge in [0.05, 0.1) is 16.9 Å². The van der Waals surface area contributed by atoms with Crippen molar-refractivity contribution in [2.45, 2.75) is 6.92 Å². The Bertz CT molecular complexity index is 1150. The third-order valence-corrected chi connectivity index (χ3v) is 5.58. The van der Waals surface area contributed by atoms with E-state index >= 15 is 0 Å². The highest BCUT2D eigenvalue weighted by atomic mass is 79.9. The molecule has 6 nitrogen and oxygen atoms in total. The summed E-state index contributed by atoms with van der Waals surface area (Å²) in [4.78, 5) is 34.7. The van der Waals surface area contributed by atoms with Gasteiger partial charge in [-0.1, -0.05) is 30.3 Å². The molecule has 0 bridgehead atoms. The number of aliphatic imine (C=N–C) groups is 1. The van der Waals surface area contributed by atoms with Gasteiger partial charge in [0.1, 0.15) is 0 Å². The molecule has 8 heteroatoms. The second-order valence-electron chi connectivity index (χ2n) is 6.06. The van der Waals surface area contributed by atoms with Crippen molar-refractivity contribution < 1.29 is 14.3 Å². The maximum Gasteiger partial charge on any atom is 0.363 e. The van der Waals surface area contributed by atoms with E-state index in [1.165, 1.54) is 23.2 Å². The molecule has 0 aliphatic carbocycles. The van der Waals surface area contributed by atoms with Gasteiger partial charge in [0.2, 0.25) is 11.8 Å². The monoisotopic (exact) mass is 467 g/mol. The summed E-state index contributed by atoms with van der Waals surface area (Å²) in [5, 5.41) is 2.28. The zero-order chi connectivity index (χ0) is 20.4. The average Bonchev–Trinajstić information content (AvgIpc) is 3.30. The van der Waals surface area contributed by atoms with E-state index in [1.54, 1.807) is 11.5 Å². The number of thiazole rings is 1. The molecule has 29 heavy (non-hydrogen) atoms. The van der Waals surface area contributed by atoms with Crippen molar-refractivity contribution in [3.63, 3.8) is 0 Å². The lowest BCUT2D eigenvalue weighted by molar-refractivity contribution is -0.130. The fourth-order valence-corrected chi connectivity index (χ4v) is 4.05. The number of halogens is 1. The first-order chi connectivity index (χ1) is 14.0. The summed E-state index contributed by atoms with van der Waals surface area (Å²) in [6, 6.07) is 16.6. The summed E-state index contributed by atoms with van der Waals surface area (Å²) in [5.41, 5.74) is 2.09. The van der Waals surface area contributed by atoms with Crippen LogP contribution in [0.5, 0.6) is 0 Å². The largest absolute Gasteiger partial charge is 0.402 e. The molecule has 0 saturated heterocycles. The summed E-state index contributed by atoms with van der Waals surface area (Å²) in [7, 11) is 0. The number of rotatable bonds is 4. The number of hydrogen-bond donors (Lipinski definition) is 0. The van der Waals surface area contributed by atoms with Crippen LogP contribution in [0.3, 0.4) is 0 Å². The molecule has 2 aromatic carbocycles. The molecule has 144 valence electrons. The predicted molar refractivity (Wildman–Crippen MR) is 116 cm³/mol. The smallest absolute Gasteiger partial charge is 0.363 e. The highest BCUT2D eigenvalue weighted by molar-refractivity contribution is 9.10. The van der Waals surface area contributed by atoms with Gasteiger partial charge in [0.15, 0.2) is 10.8 Å². The Labute approximate surface area is 179 Å². The quantitative estimate of drug-likeness (QED) is 0.402. The van der Waals surface area contributed by atoms with Crippen molar-refractivity contribution in [2.24, 2.45) is 4.99 Å². The Morgan fingerprint density at radius 3 is 2.59 bits per heavy atom. The number of aromatic nitrogens is 1. The first-order valence-electron chi connectivity index (χ1n) is 8.61. The molecule has 0 radical (unpaired) electrons. The zero-order valence-electron chi connectivity index (χ0n) is 15.2. The molecule has 1 aliphatic rings. The molecule has 3 aromatic rings. The number of nitrogens with zero attached hydrogens (tertiary/aromatic N) is 3. The Kier molecular flexibility index (Phi) is 5.37. The molecule has 1 aromatic heterocycles. The number of cyclic esters (lactones) is 1. The number of amides is 1. The average molecular weight is 468 g/mol. The van der Waals surface area contributed by atoms with Crippen LogP contribution in [0.4, 0.5) is 10.8 Å². The Morgan fingerprint density at radius 2 is 1.86 bits per heavy atom. The SMILES string of the molecule is CC(=O)N(c1ccccc1)c1nc(/C=C2/N=C(c3ccccc3Br)OC2=O)cs1. The van der Waals surface area contributed by atoms with Crippen molar-refractivity contribution in [2.75, 3.05) is 4.90 Å². The highest BCUT2D eigenvalue weighted by Crippen LogP contribution is 2.30. The van der Waals surface area contributed by atoms with Gasteiger partial charge < -0.3 is 4.74 Å². The number of carbonyl (C=O) groups is 2. The van der Waals surface area contributed by atoms with Crippen LogP contribution in [0.2, 0.25) is 0 Å². The minimum Gasteiger partial charge on any atom is -0.402 e. The van der Waals surface area contributed by atoms with E-state index in [1.807, 2.05) is 54.6 Å². The lowest BCUT2D eigenvalue weighted by atomic mass is 10.2. The third kappa shape index (κ3) is 4.03. The van der Waals surface area contributed by atoms with Crippen LogP contribution in [0, 0.1) is 0 Å². The molecular weight excluding hydrogens is 454 g/mol. The van der Waals surface area contributed by atoms with E-state index < -0.39 is 5.97 Å². The van der Waals surface area contributed by atoms with E-state index in [4.69, 9.17) is 4.74 Å². The number of hydrogen-bond acceptors (Lipinski definition) is 6. The van der Waals surface area contributed by atoms with Gasteiger partial charge in [-0.3, -0.25) is 9.69 Å². The predicted octanol–water partition coefficient (Wildman–Crippen LogP) is 4.93.